The van der Waals surface area contributed by atoms with Gasteiger partial charge in [0, 0.05) is 56.0 Å². The van der Waals surface area contributed by atoms with Gasteiger partial charge in [-0.15, -0.1) is 0 Å². The number of methoxy groups -OCH3 is 1. The molecule has 4 aromatic carbocycles. The van der Waals surface area contributed by atoms with E-state index in [0.717, 1.165) is 85.7 Å². The molecule has 6 rings (SSSR count). The van der Waals surface area contributed by atoms with Crippen molar-refractivity contribution in [3.8, 4) is 11.3 Å². The summed E-state index contributed by atoms with van der Waals surface area (Å²) in [7, 11) is 0.944. The van der Waals surface area contributed by atoms with Crippen LogP contribution in [0.2, 0.25) is 0 Å². The maximum Gasteiger partial charge on any atom is 0.338 e. The molecule has 0 atom stereocenters. The molecule has 2 N–H and O–H groups in total. The van der Waals surface area contributed by atoms with Crippen LogP contribution >= 0.6 is 0 Å². The van der Waals surface area contributed by atoms with Crippen LogP contribution in [0.15, 0.2) is 77.3 Å². The maximum absolute atomic E-state index is 13.2. The van der Waals surface area contributed by atoms with Gasteiger partial charge in [-0.3, -0.25) is 4.79 Å². The highest BCUT2D eigenvalue weighted by Gasteiger charge is 2.35. The smallest absolute Gasteiger partial charge is 0.338 e. The zero-order chi connectivity index (χ0) is 47.3. The highest BCUT2D eigenvalue weighted by atomic mass is 19.3. The molecule has 1 aliphatic carbocycles. The van der Waals surface area contributed by atoms with E-state index >= 15 is 0 Å². The molecule has 0 spiro atoms. The maximum atomic E-state index is 13.2. The molecule has 1 saturated carbocycles. The summed E-state index contributed by atoms with van der Waals surface area (Å²) in [6, 6.07) is 14.7. The number of aryl methyl sites for hydroxylation is 2. The van der Waals surface area contributed by atoms with Gasteiger partial charge in [-0.25, -0.2) is 62.3 Å². The van der Waals surface area contributed by atoms with Crippen molar-refractivity contribution < 1.29 is 86.5 Å². The zero-order valence-electron chi connectivity index (χ0n) is 33.1. The van der Waals surface area contributed by atoms with Crippen molar-refractivity contribution in [3.63, 3.8) is 0 Å². The van der Waals surface area contributed by atoms with Gasteiger partial charge in [-0.2, -0.15) is 0 Å². The number of hydrogen-bond acceptors (Lipinski definition) is 7. The van der Waals surface area contributed by atoms with E-state index in [4.69, 9.17) is 9.63 Å². The van der Waals surface area contributed by atoms with E-state index in [1.165, 1.54) is 0 Å². The molecular formula is C43H37F12NO7. The molecule has 63 heavy (non-hydrogen) atoms. The topological polar surface area (TPSA) is 127 Å². The first-order valence-corrected chi connectivity index (χ1v) is 18.2. The van der Waals surface area contributed by atoms with Gasteiger partial charge < -0.3 is 19.5 Å². The monoisotopic (exact) mass is 907 g/mol. The second-order valence-corrected chi connectivity index (χ2v) is 13.3. The number of carboxylic acid groups (broad SMARTS) is 1. The average Bonchev–Trinajstić information content (AvgIpc) is 4.00. The first kappa shape index (κ1) is 51.2. The van der Waals surface area contributed by atoms with E-state index in [0.29, 0.717) is 11.3 Å². The third-order valence-corrected chi connectivity index (χ3v) is 9.21. The van der Waals surface area contributed by atoms with Crippen molar-refractivity contribution in [1.82, 2.24) is 5.16 Å². The summed E-state index contributed by atoms with van der Waals surface area (Å²) >= 11 is 0. The van der Waals surface area contributed by atoms with Crippen LogP contribution in [0.3, 0.4) is 0 Å². The molecule has 0 radical (unpaired) electrons. The van der Waals surface area contributed by atoms with E-state index in [-0.39, 0.29) is 29.0 Å². The Morgan fingerprint density at radius 1 is 0.667 bits per heavy atom. The Morgan fingerprint density at radius 3 is 1.37 bits per heavy atom. The number of nitrogens with zero attached hydrogens (tertiary/aromatic N) is 1. The molecule has 1 aliphatic rings. The minimum atomic E-state index is -3.01. The molecule has 8 nitrogen and oxygen atoms in total. The number of rotatable bonds is 12. The van der Waals surface area contributed by atoms with Crippen LogP contribution in [0.4, 0.5) is 52.7 Å². The molecule has 20 heteroatoms. The summed E-state index contributed by atoms with van der Waals surface area (Å²) in [6.07, 6.45) is -16.0. The molecule has 1 fully saturated rings. The van der Waals surface area contributed by atoms with Gasteiger partial charge in [0.1, 0.15) is 11.5 Å². The molecule has 0 aliphatic heterocycles. The Kier molecular flexibility index (Phi) is 18.9. The van der Waals surface area contributed by atoms with Gasteiger partial charge in [-0.1, -0.05) is 78.0 Å². The lowest BCUT2D eigenvalue weighted by Crippen LogP contribution is -2.10. The number of aliphatic hydroxyl groups is 1. The quantitative estimate of drug-likeness (QED) is 0.0720. The van der Waals surface area contributed by atoms with Gasteiger partial charge in [0.05, 0.1) is 24.8 Å². The Labute approximate surface area is 351 Å². The molecule has 1 heterocycles. The van der Waals surface area contributed by atoms with E-state index in [2.05, 4.69) is 9.89 Å². The van der Waals surface area contributed by atoms with Crippen LogP contribution in [0, 0.1) is 13.8 Å². The van der Waals surface area contributed by atoms with Crippen LogP contribution in [-0.2, 0) is 11.3 Å². The van der Waals surface area contributed by atoms with Gasteiger partial charge in [0.15, 0.2) is 6.29 Å². The number of alkyl halides is 12. The lowest BCUT2D eigenvalue weighted by molar-refractivity contribution is 0.0575. The molecule has 5 aromatic rings. The fraction of sp³-hybridized carbons (Fsp3) is 0.302. The number of carbonyl (C=O) groups is 3. The van der Waals surface area contributed by atoms with Crippen LogP contribution in [0.5, 0.6) is 0 Å². The van der Waals surface area contributed by atoms with Gasteiger partial charge in [0.2, 0.25) is 0 Å². The van der Waals surface area contributed by atoms with Crippen LogP contribution in [-0.4, -0.2) is 40.7 Å². The summed E-state index contributed by atoms with van der Waals surface area (Å²) in [6.45, 7) is 3.11. The largest absolute Gasteiger partial charge is 0.478 e. The minimum absolute atomic E-state index is 0.0307. The number of benzene rings is 4. The van der Waals surface area contributed by atoms with Crippen molar-refractivity contribution in [2.24, 2.45) is 0 Å². The van der Waals surface area contributed by atoms with Crippen LogP contribution in [0.25, 0.3) is 11.3 Å². The number of halogens is 12. The van der Waals surface area contributed by atoms with Crippen molar-refractivity contribution in [3.05, 3.63) is 145 Å². The third-order valence-electron chi connectivity index (χ3n) is 9.21. The van der Waals surface area contributed by atoms with E-state index in [1.54, 1.807) is 26.0 Å². The second kappa shape index (κ2) is 23.3. The average molecular weight is 908 g/mol. The Balaban J connectivity index is 0.000000231. The number of carbonyl (C=O) groups excluding carboxylic acids is 2. The summed E-state index contributed by atoms with van der Waals surface area (Å²) in [5.74, 6) is -1.55. The predicted molar refractivity (Wildman–Crippen MR) is 202 cm³/mol. The number of aldehydes is 1. The lowest BCUT2D eigenvalue weighted by atomic mass is 9.95. The molecule has 0 saturated heterocycles. The summed E-state index contributed by atoms with van der Waals surface area (Å²) < 4.78 is 161. The normalized spacial score (nSPS) is 12.2. The van der Waals surface area contributed by atoms with Gasteiger partial charge >= 0.3 is 11.9 Å². The number of hydrogen-bond donors (Lipinski definition) is 2. The Morgan fingerprint density at radius 2 is 1.05 bits per heavy atom. The molecule has 1 aromatic heterocycles. The number of ether oxygens (including phenoxy) is 1. The van der Waals surface area contributed by atoms with E-state index < -0.39 is 102 Å². The number of carboxylic acids is 1. The highest BCUT2D eigenvalue weighted by Crippen LogP contribution is 2.46. The van der Waals surface area contributed by atoms with Gasteiger partial charge in [0.25, 0.3) is 38.6 Å². The van der Waals surface area contributed by atoms with Gasteiger partial charge in [-0.05, 0) is 37.8 Å². The summed E-state index contributed by atoms with van der Waals surface area (Å²) in [4.78, 5) is 32.2. The number of aliphatic hydroxyl groups excluding tert-OH is 1. The predicted octanol–water partition coefficient (Wildman–Crippen LogP) is 13.3. The number of esters is 1. The Bertz CT molecular complexity index is 2230. The van der Waals surface area contributed by atoms with Crippen LogP contribution < -0.4 is 0 Å². The number of aromatic carboxylic acids is 1. The number of aromatic nitrogens is 1. The minimum Gasteiger partial charge on any atom is -0.478 e. The highest BCUT2D eigenvalue weighted by molar-refractivity contribution is 5.93. The second-order valence-electron chi connectivity index (χ2n) is 13.3. The first-order chi connectivity index (χ1) is 29.7. The molecular weight excluding hydrogens is 870 g/mol. The van der Waals surface area contributed by atoms with E-state index in [1.807, 2.05) is 6.07 Å². The third kappa shape index (κ3) is 12.9. The molecule has 0 unspecified atom stereocenters. The van der Waals surface area contributed by atoms with Crippen molar-refractivity contribution >= 4 is 18.2 Å². The molecule has 340 valence electrons. The summed E-state index contributed by atoms with van der Waals surface area (Å²) in [5.41, 5.74) is -3.42. The standard InChI is InChI=1S/C15H13F4NO2.C10H8F4O2.C9H6F4O.C9H10O2/c16-14(17)8-2-1-3-9(15(18)19)11(8)12-10(6-21)13(22-20-12)7-4-5-7;1-16-10(15)7-5(8(11)12)3-2-4-6(7)9(13)14;10-8(11)5-2-1-3-6(9(12)13)7(5)4-14;1-6-4-3-5-7(2)8(6)9(10)11/h1-3,7,14-15,21H,4-6H2;2-4,8-9H,1H3;1-4,8-9H;3-5H,1-2H3,(H,10,11). The molecule has 0 bridgehead atoms. The fourth-order valence-corrected chi connectivity index (χ4v) is 6.12. The first-order valence-electron chi connectivity index (χ1n) is 18.2. The lowest BCUT2D eigenvalue weighted by Gasteiger charge is -2.13. The SMILES string of the molecule is COC(=O)c1c(C(F)F)cccc1C(F)F.Cc1cccc(C)c1C(=O)O.O=Cc1c(C(F)F)cccc1C(F)F.OCc1c(-c2c(C(F)F)cccc2C(F)F)noc1C1CC1. The zero-order valence-corrected chi connectivity index (χ0v) is 33.1. The fourth-order valence-electron chi connectivity index (χ4n) is 6.12. The van der Waals surface area contributed by atoms with Crippen molar-refractivity contribution in [2.45, 2.75) is 77.8 Å². The van der Waals surface area contributed by atoms with Crippen LogP contribution in [0.1, 0.15) is 144 Å². The Hall–Kier alpha value is -6.18. The summed E-state index contributed by atoms with van der Waals surface area (Å²) in [5, 5.41) is 22.0. The van der Waals surface area contributed by atoms with Crippen molar-refractivity contribution in [1.29, 1.82) is 0 Å². The van der Waals surface area contributed by atoms with E-state index in [9.17, 15) is 72.2 Å². The molecule has 0 amide bonds. The van der Waals surface area contributed by atoms with Crippen molar-refractivity contribution in [2.75, 3.05) is 7.11 Å².